The molecular weight excluding hydrogens is 258 g/mol. The lowest BCUT2D eigenvalue weighted by atomic mass is 9.70. The van der Waals surface area contributed by atoms with Crippen LogP contribution in [0.15, 0.2) is 30.3 Å². The van der Waals surface area contributed by atoms with Crippen molar-refractivity contribution >= 4 is 0 Å². The Morgan fingerprint density at radius 3 is 2.62 bits per heavy atom. The quantitative estimate of drug-likeness (QED) is 0.874. The summed E-state index contributed by atoms with van der Waals surface area (Å²) in [6.07, 6.45) is 3.07. The average molecular weight is 285 g/mol. The van der Waals surface area contributed by atoms with Crippen molar-refractivity contribution in [1.29, 1.82) is 5.26 Å². The molecule has 1 saturated heterocycles. The minimum atomic E-state index is -0.372. The van der Waals surface area contributed by atoms with Crippen LogP contribution in [-0.4, -0.2) is 30.6 Å². The SMILES string of the molecule is CC(C)C(C#N)(CCCN1CCC(N)C1)c1ccccc1. The number of hydrogen-bond acceptors (Lipinski definition) is 3. The van der Waals surface area contributed by atoms with Crippen LogP contribution in [-0.2, 0) is 5.41 Å². The molecule has 114 valence electrons. The number of likely N-dealkylation sites (tertiary alicyclic amines) is 1. The Morgan fingerprint density at radius 1 is 1.38 bits per heavy atom. The van der Waals surface area contributed by atoms with Crippen LogP contribution in [0.25, 0.3) is 0 Å². The summed E-state index contributed by atoms with van der Waals surface area (Å²) in [5, 5.41) is 9.85. The Balaban J connectivity index is 2.02. The largest absolute Gasteiger partial charge is 0.326 e. The lowest BCUT2D eigenvalue weighted by molar-refractivity contribution is 0.291. The van der Waals surface area contributed by atoms with Gasteiger partial charge in [-0.1, -0.05) is 44.2 Å². The summed E-state index contributed by atoms with van der Waals surface area (Å²) < 4.78 is 0. The van der Waals surface area contributed by atoms with Gasteiger partial charge in [0.05, 0.1) is 11.5 Å². The molecule has 0 aliphatic carbocycles. The fourth-order valence-electron chi connectivity index (χ4n) is 3.40. The number of nitrogens with zero attached hydrogens (tertiary/aromatic N) is 2. The van der Waals surface area contributed by atoms with Gasteiger partial charge in [0.1, 0.15) is 0 Å². The third-order valence-corrected chi connectivity index (χ3v) is 4.83. The van der Waals surface area contributed by atoms with Crippen LogP contribution in [0.4, 0.5) is 0 Å². The third kappa shape index (κ3) is 3.64. The molecule has 0 spiro atoms. The normalized spacial score (nSPS) is 22.1. The molecule has 1 aliphatic heterocycles. The Bertz CT molecular complexity index is 477. The van der Waals surface area contributed by atoms with Gasteiger partial charge in [-0.05, 0) is 43.8 Å². The maximum atomic E-state index is 9.85. The Morgan fingerprint density at radius 2 is 2.10 bits per heavy atom. The minimum Gasteiger partial charge on any atom is -0.326 e. The summed E-state index contributed by atoms with van der Waals surface area (Å²) in [6, 6.07) is 13.2. The second-order valence-electron chi connectivity index (χ2n) is 6.56. The van der Waals surface area contributed by atoms with Crippen LogP contribution in [0.5, 0.6) is 0 Å². The van der Waals surface area contributed by atoms with E-state index in [2.05, 4.69) is 36.9 Å². The van der Waals surface area contributed by atoms with Crippen molar-refractivity contribution in [2.75, 3.05) is 19.6 Å². The minimum absolute atomic E-state index is 0.311. The van der Waals surface area contributed by atoms with Gasteiger partial charge in [-0.2, -0.15) is 5.26 Å². The zero-order chi connectivity index (χ0) is 15.3. The van der Waals surface area contributed by atoms with E-state index >= 15 is 0 Å². The van der Waals surface area contributed by atoms with E-state index in [0.29, 0.717) is 12.0 Å². The smallest absolute Gasteiger partial charge is 0.0845 e. The van der Waals surface area contributed by atoms with E-state index in [0.717, 1.165) is 44.5 Å². The number of nitriles is 1. The van der Waals surface area contributed by atoms with Crippen LogP contribution in [0.2, 0.25) is 0 Å². The fourth-order valence-corrected chi connectivity index (χ4v) is 3.40. The second-order valence-corrected chi connectivity index (χ2v) is 6.56. The highest BCUT2D eigenvalue weighted by Crippen LogP contribution is 2.36. The van der Waals surface area contributed by atoms with E-state index in [1.807, 2.05) is 18.2 Å². The topological polar surface area (TPSA) is 53.0 Å². The molecule has 1 aliphatic rings. The zero-order valence-corrected chi connectivity index (χ0v) is 13.3. The van der Waals surface area contributed by atoms with Gasteiger partial charge in [-0.3, -0.25) is 0 Å². The molecule has 0 amide bonds. The summed E-state index contributed by atoms with van der Waals surface area (Å²) in [4.78, 5) is 2.43. The van der Waals surface area contributed by atoms with Gasteiger partial charge in [-0.25, -0.2) is 0 Å². The Labute approximate surface area is 128 Å². The fraction of sp³-hybridized carbons (Fsp3) is 0.611. The monoisotopic (exact) mass is 285 g/mol. The standard InChI is InChI=1S/C18H27N3/c1-15(2)18(14-19,16-7-4-3-5-8-16)10-6-11-21-12-9-17(20)13-21/h3-5,7-8,15,17H,6,9-13,20H2,1-2H3. The van der Waals surface area contributed by atoms with E-state index in [1.54, 1.807) is 0 Å². The molecule has 1 fully saturated rings. The highest BCUT2D eigenvalue weighted by molar-refractivity contribution is 5.33. The molecule has 1 aromatic rings. The first-order chi connectivity index (χ1) is 10.1. The van der Waals surface area contributed by atoms with Crippen molar-refractivity contribution in [2.45, 2.75) is 44.6 Å². The van der Waals surface area contributed by atoms with E-state index in [1.165, 1.54) is 0 Å². The van der Waals surface area contributed by atoms with Crippen molar-refractivity contribution in [2.24, 2.45) is 11.7 Å². The molecule has 2 N–H and O–H groups in total. The molecule has 2 atom stereocenters. The van der Waals surface area contributed by atoms with Crippen LogP contribution < -0.4 is 5.73 Å². The van der Waals surface area contributed by atoms with E-state index < -0.39 is 0 Å². The van der Waals surface area contributed by atoms with Crippen LogP contribution >= 0.6 is 0 Å². The highest BCUT2D eigenvalue weighted by Gasteiger charge is 2.35. The summed E-state index contributed by atoms with van der Waals surface area (Å²) in [5.74, 6) is 0.311. The van der Waals surface area contributed by atoms with Crippen molar-refractivity contribution in [3.05, 3.63) is 35.9 Å². The van der Waals surface area contributed by atoms with Gasteiger partial charge < -0.3 is 10.6 Å². The molecule has 0 radical (unpaired) electrons. The van der Waals surface area contributed by atoms with Gasteiger partial charge >= 0.3 is 0 Å². The lowest BCUT2D eigenvalue weighted by Crippen LogP contribution is -2.33. The van der Waals surface area contributed by atoms with E-state index in [4.69, 9.17) is 5.73 Å². The molecule has 0 saturated carbocycles. The van der Waals surface area contributed by atoms with Crippen molar-refractivity contribution in [1.82, 2.24) is 4.90 Å². The number of benzene rings is 1. The molecule has 1 heterocycles. The second kappa shape index (κ2) is 7.06. The summed E-state index contributed by atoms with van der Waals surface area (Å²) in [6.45, 7) is 7.47. The summed E-state index contributed by atoms with van der Waals surface area (Å²) >= 11 is 0. The summed E-state index contributed by atoms with van der Waals surface area (Å²) in [7, 11) is 0. The first-order valence-electron chi connectivity index (χ1n) is 8.03. The third-order valence-electron chi connectivity index (χ3n) is 4.83. The molecule has 3 nitrogen and oxygen atoms in total. The predicted octanol–water partition coefficient (Wildman–Crippen LogP) is 2.92. The lowest BCUT2D eigenvalue weighted by Gasteiger charge is -2.32. The number of rotatable bonds is 6. The molecule has 3 heteroatoms. The van der Waals surface area contributed by atoms with Crippen LogP contribution in [0.3, 0.4) is 0 Å². The molecule has 21 heavy (non-hydrogen) atoms. The molecule has 2 rings (SSSR count). The number of nitrogens with two attached hydrogens (primary N) is 1. The average Bonchev–Trinajstić information content (AvgIpc) is 2.90. The van der Waals surface area contributed by atoms with E-state index in [9.17, 15) is 5.26 Å². The first kappa shape index (κ1) is 16.0. The molecule has 1 aromatic carbocycles. The molecule has 0 aromatic heterocycles. The van der Waals surface area contributed by atoms with Crippen LogP contribution in [0.1, 0.15) is 38.7 Å². The van der Waals surface area contributed by atoms with Crippen molar-refractivity contribution in [3.8, 4) is 6.07 Å². The number of hydrogen-bond donors (Lipinski definition) is 1. The van der Waals surface area contributed by atoms with Gasteiger partial charge in [0.25, 0.3) is 0 Å². The summed E-state index contributed by atoms with van der Waals surface area (Å²) in [5.41, 5.74) is 6.74. The van der Waals surface area contributed by atoms with Gasteiger partial charge in [0.2, 0.25) is 0 Å². The predicted molar refractivity (Wildman–Crippen MR) is 86.8 cm³/mol. The van der Waals surface area contributed by atoms with Crippen molar-refractivity contribution in [3.63, 3.8) is 0 Å². The Hall–Kier alpha value is -1.37. The zero-order valence-electron chi connectivity index (χ0n) is 13.3. The van der Waals surface area contributed by atoms with Gasteiger partial charge in [0, 0.05) is 12.6 Å². The molecular formula is C18H27N3. The maximum absolute atomic E-state index is 9.85. The van der Waals surface area contributed by atoms with Crippen molar-refractivity contribution < 1.29 is 0 Å². The van der Waals surface area contributed by atoms with E-state index in [-0.39, 0.29) is 5.41 Å². The van der Waals surface area contributed by atoms with Crippen LogP contribution in [0, 0.1) is 17.2 Å². The molecule has 0 bridgehead atoms. The van der Waals surface area contributed by atoms with Gasteiger partial charge in [-0.15, -0.1) is 0 Å². The Kier molecular flexibility index (Phi) is 5.39. The van der Waals surface area contributed by atoms with Gasteiger partial charge in [0.15, 0.2) is 0 Å². The highest BCUT2D eigenvalue weighted by atomic mass is 15.2. The first-order valence-corrected chi connectivity index (χ1v) is 8.03. The molecule has 2 unspecified atom stereocenters. The maximum Gasteiger partial charge on any atom is 0.0845 e.